The van der Waals surface area contributed by atoms with E-state index in [1.54, 1.807) is 17.4 Å². The van der Waals surface area contributed by atoms with Crippen molar-refractivity contribution >= 4 is 44.2 Å². The first-order valence-electron chi connectivity index (χ1n) is 8.59. The molecule has 7 heteroatoms. The average Bonchev–Trinajstić information content (AvgIpc) is 3.34. The molecule has 0 saturated heterocycles. The summed E-state index contributed by atoms with van der Waals surface area (Å²) in [6.45, 7) is 1.36. The van der Waals surface area contributed by atoms with Crippen LogP contribution in [0.15, 0.2) is 67.3 Å². The highest BCUT2D eigenvalue weighted by Crippen LogP contribution is 2.31. The number of carbonyl (C=O) groups is 1. The minimum atomic E-state index is -0.0496. The molecule has 4 rings (SSSR count). The largest absolute Gasteiger partial charge is 0.337 e. The lowest BCUT2D eigenvalue weighted by Crippen LogP contribution is -2.32. The summed E-state index contributed by atoms with van der Waals surface area (Å²) in [5.74, 6) is -0.0496. The van der Waals surface area contributed by atoms with E-state index >= 15 is 0 Å². The molecule has 0 saturated carbocycles. The zero-order chi connectivity index (χ0) is 18.6. The van der Waals surface area contributed by atoms with E-state index in [2.05, 4.69) is 9.97 Å². The number of amides is 1. The number of thiazole rings is 1. The highest BCUT2D eigenvalue weighted by Gasteiger charge is 2.21. The van der Waals surface area contributed by atoms with Crippen LogP contribution in [-0.4, -0.2) is 27.0 Å². The van der Waals surface area contributed by atoms with Gasteiger partial charge in [0.15, 0.2) is 5.13 Å². The summed E-state index contributed by atoms with van der Waals surface area (Å²) >= 11 is 7.58. The Kier molecular flexibility index (Phi) is 5.18. The highest BCUT2D eigenvalue weighted by molar-refractivity contribution is 7.22. The van der Waals surface area contributed by atoms with E-state index in [1.807, 2.05) is 59.3 Å². The lowest BCUT2D eigenvalue weighted by molar-refractivity contribution is 0.0986. The van der Waals surface area contributed by atoms with Crippen molar-refractivity contribution in [3.63, 3.8) is 0 Å². The van der Waals surface area contributed by atoms with Gasteiger partial charge >= 0.3 is 0 Å². The molecule has 0 radical (unpaired) electrons. The molecule has 0 aliphatic carbocycles. The summed E-state index contributed by atoms with van der Waals surface area (Å²) in [7, 11) is 0. The number of hydrogen-bond acceptors (Lipinski definition) is 4. The Bertz CT molecular complexity index is 1050. The third kappa shape index (κ3) is 4.02. The van der Waals surface area contributed by atoms with Gasteiger partial charge in [0, 0.05) is 36.1 Å². The van der Waals surface area contributed by atoms with Crippen molar-refractivity contribution in [2.75, 3.05) is 11.4 Å². The van der Waals surface area contributed by atoms with E-state index in [0.717, 1.165) is 23.2 Å². The summed E-state index contributed by atoms with van der Waals surface area (Å²) in [6, 6.07) is 14.9. The molecule has 0 aliphatic heterocycles. The lowest BCUT2D eigenvalue weighted by Gasteiger charge is -2.20. The Labute approximate surface area is 165 Å². The van der Waals surface area contributed by atoms with Crippen molar-refractivity contribution in [2.45, 2.75) is 13.0 Å². The van der Waals surface area contributed by atoms with Crippen molar-refractivity contribution in [1.82, 2.24) is 14.5 Å². The second-order valence-electron chi connectivity index (χ2n) is 6.09. The number of rotatable bonds is 6. The molecule has 0 bridgehead atoms. The molecule has 4 aromatic rings. The van der Waals surface area contributed by atoms with Crippen molar-refractivity contribution in [2.24, 2.45) is 0 Å². The first-order chi connectivity index (χ1) is 13.2. The molecule has 136 valence electrons. The third-order valence-corrected chi connectivity index (χ3v) is 5.47. The molecule has 0 atom stereocenters. The van der Waals surface area contributed by atoms with Gasteiger partial charge in [-0.05, 0) is 36.8 Å². The van der Waals surface area contributed by atoms with Crippen LogP contribution in [0, 0.1) is 0 Å². The quantitative estimate of drug-likeness (QED) is 0.466. The number of imidazole rings is 1. The van der Waals surface area contributed by atoms with Gasteiger partial charge in [-0.25, -0.2) is 9.97 Å². The van der Waals surface area contributed by atoms with E-state index < -0.39 is 0 Å². The van der Waals surface area contributed by atoms with E-state index in [1.165, 1.54) is 11.3 Å². The number of benzene rings is 2. The second-order valence-corrected chi connectivity index (χ2v) is 7.53. The van der Waals surface area contributed by atoms with Gasteiger partial charge in [0.25, 0.3) is 5.91 Å². The molecular formula is C20H17ClN4OS. The van der Waals surface area contributed by atoms with Crippen molar-refractivity contribution < 1.29 is 4.79 Å². The minimum absolute atomic E-state index is 0.0496. The zero-order valence-electron chi connectivity index (χ0n) is 14.5. The first kappa shape index (κ1) is 17.7. The Morgan fingerprint density at radius 3 is 2.81 bits per heavy atom. The summed E-state index contributed by atoms with van der Waals surface area (Å²) in [5, 5.41) is 1.35. The van der Waals surface area contributed by atoms with Gasteiger partial charge in [-0.1, -0.05) is 41.1 Å². The van der Waals surface area contributed by atoms with Crippen molar-refractivity contribution in [3.05, 3.63) is 77.8 Å². The molecule has 2 aromatic carbocycles. The number of fused-ring (bicyclic) bond motifs is 1. The summed E-state index contributed by atoms with van der Waals surface area (Å²) < 4.78 is 2.97. The molecule has 0 unspecified atom stereocenters. The average molecular weight is 397 g/mol. The van der Waals surface area contributed by atoms with Crippen LogP contribution in [0.1, 0.15) is 16.8 Å². The van der Waals surface area contributed by atoms with Crippen LogP contribution in [0.4, 0.5) is 5.13 Å². The number of halogens is 1. The molecule has 2 aromatic heterocycles. The maximum Gasteiger partial charge on any atom is 0.260 e. The van der Waals surface area contributed by atoms with Gasteiger partial charge in [-0.2, -0.15) is 0 Å². The predicted octanol–water partition coefficient (Wildman–Crippen LogP) is 4.88. The molecule has 0 fully saturated rings. The van der Waals surface area contributed by atoms with Gasteiger partial charge < -0.3 is 4.57 Å². The number of anilines is 1. The van der Waals surface area contributed by atoms with Gasteiger partial charge in [0.05, 0.1) is 16.5 Å². The molecule has 0 aliphatic rings. The van der Waals surface area contributed by atoms with Gasteiger partial charge in [-0.3, -0.25) is 9.69 Å². The van der Waals surface area contributed by atoms with Crippen LogP contribution in [0.3, 0.4) is 0 Å². The molecule has 0 spiro atoms. The summed E-state index contributed by atoms with van der Waals surface area (Å²) in [5.41, 5.74) is 1.50. The van der Waals surface area contributed by atoms with E-state index in [9.17, 15) is 4.79 Å². The highest BCUT2D eigenvalue weighted by atomic mass is 35.5. The topological polar surface area (TPSA) is 51.0 Å². The molecule has 2 heterocycles. The summed E-state index contributed by atoms with van der Waals surface area (Å²) in [4.78, 5) is 23.6. The Balaban J connectivity index is 1.62. The Hall–Kier alpha value is -2.70. The fraction of sp³-hybridized carbons (Fsp3) is 0.150. The van der Waals surface area contributed by atoms with Gasteiger partial charge in [0.1, 0.15) is 0 Å². The number of hydrogen-bond donors (Lipinski definition) is 0. The maximum absolute atomic E-state index is 13.1. The number of aromatic nitrogens is 3. The van der Waals surface area contributed by atoms with Crippen LogP contribution in [-0.2, 0) is 6.54 Å². The Morgan fingerprint density at radius 1 is 1.19 bits per heavy atom. The fourth-order valence-corrected chi connectivity index (χ4v) is 4.12. The monoisotopic (exact) mass is 396 g/mol. The maximum atomic E-state index is 13.1. The summed E-state index contributed by atoms with van der Waals surface area (Å²) in [6.07, 6.45) is 6.25. The van der Waals surface area contributed by atoms with Crippen molar-refractivity contribution in [1.29, 1.82) is 0 Å². The third-order valence-electron chi connectivity index (χ3n) is 4.19. The van der Waals surface area contributed by atoms with E-state index in [0.29, 0.717) is 22.3 Å². The van der Waals surface area contributed by atoms with Crippen LogP contribution in [0.25, 0.3) is 10.2 Å². The first-order valence-corrected chi connectivity index (χ1v) is 9.79. The number of aryl methyl sites for hydroxylation is 1. The molecule has 5 nitrogen and oxygen atoms in total. The van der Waals surface area contributed by atoms with E-state index in [-0.39, 0.29) is 5.91 Å². The number of nitrogens with zero attached hydrogens (tertiary/aromatic N) is 4. The standard InChI is InChI=1S/C20H17ClN4OS/c21-16-7-8-17-18(13-16)27-20(23-17)25(11-4-10-24-12-9-22-14-24)19(26)15-5-2-1-3-6-15/h1-3,5-9,12-14H,4,10-11H2. The fourth-order valence-electron chi connectivity index (χ4n) is 2.85. The smallest absolute Gasteiger partial charge is 0.260 e. The molecule has 1 amide bonds. The molecule has 0 N–H and O–H groups in total. The van der Waals surface area contributed by atoms with Crippen molar-refractivity contribution in [3.8, 4) is 0 Å². The minimum Gasteiger partial charge on any atom is -0.337 e. The van der Waals surface area contributed by atoms with Gasteiger partial charge in [0.2, 0.25) is 0 Å². The SMILES string of the molecule is O=C(c1ccccc1)N(CCCn1ccnc1)c1nc2ccc(Cl)cc2s1. The van der Waals surface area contributed by atoms with Crippen LogP contribution >= 0.6 is 22.9 Å². The molecule has 27 heavy (non-hydrogen) atoms. The van der Waals surface area contributed by atoms with E-state index in [4.69, 9.17) is 11.6 Å². The predicted molar refractivity (Wildman–Crippen MR) is 110 cm³/mol. The normalized spacial score (nSPS) is 11.0. The molecular weight excluding hydrogens is 380 g/mol. The van der Waals surface area contributed by atoms with Gasteiger partial charge in [-0.15, -0.1) is 0 Å². The number of carbonyl (C=O) groups excluding carboxylic acids is 1. The lowest BCUT2D eigenvalue weighted by atomic mass is 10.2. The Morgan fingerprint density at radius 2 is 2.04 bits per heavy atom. The van der Waals surface area contributed by atoms with Crippen LogP contribution < -0.4 is 4.90 Å². The van der Waals surface area contributed by atoms with Crippen LogP contribution in [0.2, 0.25) is 5.02 Å². The zero-order valence-corrected chi connectivity index (χ0v) is 16.0. The second kappa shape index (κ2) is 7.90. The van der Waals surface area contributed by atoms with Crippen LogP contribution in [0.5, 0.6) is 0 Å².